The molecule has 1 unspecified atom stereocenters. The Balaban J connectivity index is 2.27. The summed E-state index contributed by atoms with van der Waals surface area (Å²) in [6.07, 6.45) is 2.73. The summed E-state index contributed by atoms with van der Waals surface area (Å²) in [6.45, 7) is 0.952. The average Bonchev–Trinajstić information content (AvgIpc) is 2.80. The predicted octanol–water partition coefficient (Wildman–Crippen LogP) is 1.42. The summed E-state index contributed by atoms with van der Waals surface area (Å²) >= 11 is 0. The fourth-order valence-electron chi connectivity index (χ4n) is 2.06. The van der Waals surface area contributed by atoms with E-state index in [0.717, 1.165) is 19.3 Å². The molecule has 2 heterocycles. The molecule has 0 bridgehead atoms. The number of rotatable bonds is 4. The second-order valence-electron chi connectivity index (χ2n) is 4.11. The molecule has 17 heavy (non-hydrogen) atoms. The maximum Gasteiger partial charge on any atom is 0.358 e. The molecule has 1 aliphatic heterocycles. The molecule has 1 atom stereocenters. The van der Waals surface area contributed by atoms with Gasteiger partial charge in [0.05, 0.1) is 6.61 Å². The van der Waals surface area contributed by atoms with E-state index in [2.05, 4.69) is 5.16 Å². The topological polar surface area (TPSA) is 81.8 Å². The highest BCUT2D eigenvalue weighted by molar-refractivity contribution is 5.85. The third-order valence-corrected chi connectivity index (χ3v) is 2.91. The number of ether oxygens (including phenoxy) is 2. The van der Waals surface area contributed by atoms with Crippen molar-refractivity contribution < 1.29 is 23.9 Å². The van der Waals surface area contributed by atoms with E-state index in [1.807, 2.05) is 0 Å². The van der Waals surface area contributed by atoms with Crippen molar-refractivity contribution in [2.45, 2.75) is 24.9 Å². The number of aromatic carboxylic acids is 1. The number of aromatic nitrogens is 1. The summed E-state index contributed by atoms with van der Waals surface area (Å²) in [5.74, 6) is -0.681. The summed E-state index contributed by atoms with van der Waals surface area (Å²) in [5, 5.41) is 12.3. The van der Waals surface area contributed by atoms with Gasteiger partial charge in [0.25, 0.3) is 0 Å². The molecule has 1 aromatic rings. The van der Waals surface area contributed by atoms with E-state index in [0.29, 0.717) is 19.0 Å². The Morgan fingerprint density at radius 3 is 3.00 bits per heavy atom. The van der Waals surface area contributed by atoms with E-state index >= 15 is 0 Å². The fraction of sp³-hybridized carbons (Fsp3) is 0.636. The van der Waals surface area contributed by atoms with Gasteiger partial charge in [-0.1, -0.05) is 5.16 Å². The molecule has 1 fully saturated rings. The van der Waals surface area contributed by atoms with E-state index in [-0.39, 0.29) is 5.69 Å². The first-order valence-corrected chi connectivity index (χ1v) is 5.51. The zero-order valence-corrected chi connectivity index (χ0v) is 9.64. The average molecular weight is 241 g/mol. The third-order valence-electron chi connectivity index (χ3n) is 2.91. The molecule has 1 N–H and O–H groups in total. The first kappa shape index (κ1) is 12.1. The molecule has 0 aliphatic carbocycles. The Labute approximate surface area is 98.5 Å². The second-order valence-corrected chi connectivity index (χ2v) is 4.11. The molecule has 1 aliphatic rings. The van der Waals surface area contributed by atoms with Crippen molar-refractivity contribution in [3.8, 4) is 0 Å². The zero-order valence-electron chi connectivity index (χ0n) is 9.64. The van der Waals surface area contributed by atoms with Crippen molar-refractivity contribution in [2.75, 3.05) is 20.3 Å². The van der Waals surface area contributed by atoms with Crippen LogP contribution in [0.1, 0.15) is 35.5 Å². The number of hydrogen-bond acceptors (Lipinski definition) is 5. The van der Waals surface area contributed by atoms with E-state index in [4.69, 9.17) is 19.1 Å². The first-order valence-electron chi connectivity index (χ1n) is 5.51. The van der Waals surface area contributed by atoms with Gasteiger partial charge in [-0.25, -0.2) is 4.79 Å². The van der Waals surface area contributed by atoms with Gasteiger partial charge in [-0.15, -0.1) is 0 Å². The Morgan fingerprint density at radius 2 is 2.47 bits per heavy atom. The number of methoxy groups -OCH3 is 1. The molecule has 0 aromatic carbocycles. The minimum atomic E-state index is -1.11. The Bertz CT molecular complexity index is 389. The van der Waals surface area contributed by atoms with Crippen LogP contribution in [0.25, 0.3) is 0 Å². The van der Waals surface area contributed by atoms with Gasteiger partial charge in [0.2, 0.25) is 0 Å². The third kappa shape index (κ3) is 2.32. The number of carboxylic acid groups (broad SMARTS) is 1. The highest BCUT2D eigenvalue weighted by atomic mass is 16.6. The Kier molecular flexibility index (Phi) is 3.44. The number of carboxylic acids is 1. The van der Waals surface area contributed by atoms with Gasteiger partial charge in [0, 0.05) is 19.8 Å². The van der Waals surface area contributed by atoms with Crippen LogP contribution in [0.3, 0.4) is 0 Å². The summed E-state index contributed by atoms with van der Waals surface area (Å²) < 4.78 is 16.0. The lowest BCUT2D eigenvalue weighted by Gasteiger charge is -2.34. The van der Waals surface area contributed by atoms with Gasteiger partial charge < -0.3 is 19.1 Å². The molecule has 0 saturated carbocycles. The minimum absolute atomic E-state index is 0.107. The summed E-state index contributed by atoms with van der Waals surface area (Å²) in [4.78, 5) is 10.8. The quantitative estimate of drug-likeness (QED) is 0.858. The van der Waals surface area contributed by atoms with Gasteiger partial charge in [0.1, 0.15) is 0 Å². The van der Waals surface area contributed by atoms with Crippen molar-refractivity contribution in [3.05, 3.63) is 17.5 Å². The molecular formula is C11H15NO5. The van der Waals surface area contributed by atoms with Crippen LogP contribution in [0.2, 0.25) is 0 Å². The van der Waals surface area contributed by atoms with Crippen molar-refractivity contribution in [2.24, 2.45) is 0 Å². The van der Waals surface area contributed by atoms with Gasteiger partial charge in [-0.3, -0.25) is 0 Å². The van der Waals surface area contributed by atoms with Crippen molar-refractivity contribution in [3.63, 3.8) is 0 Å². The summed E-state index contributed by atoms with van der Waals surface area (Å²) in [5.41, 5.74) is -0.794. The highest BCUT2D eigenvalue weighted by Gasteiger charge is 2.39. The van der Waals surface area contributed by atoms with Crippen LogP contribution in [-0.2, 0) is 15.1 Å². The lowest BCUT2D eigenvalue weighted by Crippen LogP contribution is -2.37. The summed E-state index contributed by atoms with van der Waals surface area (Å²) in [7, 11) is 1.58. The van der Waals surface area contributed by atoms with Crippen LogP contribution in [0.15, 0.2) is 10.6 Å². The molecular weight excluding hydrogens is 226 g/mol. The van der Waals surface area contributed by atoms with Crippen LogP contribution >= 0.6 is 0 Å². The van der Waals surface area contributed by atoms with Crippen LogP contribution in [-0.4, -0.2) is 36.6 Å². The molecule has 6 heteroatoms. The smallest absolute Gasteiger partial charge is 0.358 e. The molecule has 94 valence electrons. The van der Waals surface area contributed by atoms with E-state index in [1.54, 1.807) is 7.11 Å². The zero-order chi connectivity index (χ0) is 12.3. The van der Waals surface area contributed by atoms with Crippen molar-refractivity contribution in [1.82, 2.24) is 5.16 Å². The molecule has 1 aromatic heterocycles. The van der Waals surface area contributed by atoms with Crippen LogP contribution in [0, 0.1) is 0 Å². The SMILES string of the molecule is COCC1(c2cc(C(=O)O)no2)CCCCO1. The van der Waals surface area contributed by atoms with E-state index in [9.17, 15) is 4.79 Å². The van der Waals surface area contributed by atoms with Gasteiger partial charge in [-0.2, -0.15) is 0 Å². The molecule has 0 amide bonds. The lowest BCUT2D eigenvalue weighted by molar-refractivity contribution is -0.134. The van der Waals surface area contributed by atoms with Gasteiger partial charge in [-0.05, 0) is 19.3 Å². The van der Waals surface area contributed by atoms with Crippen LogP contribution < -0.4 is 0 Å². The number of nitrogens with zero attached hydrogens (tertiary/aromatic N) is 1. The van der Waals surface area contributed by atoms with Crippen molar-refractivity contribution >= 4 is 5.97 Å². The molecule has 6 nitrogen and oxygen atoms in total. The standard InChI is InChI=1S/C11H15NO5/c1-15-7-11(4-2-3-5-16-11)9-6-8(10(13)14)12-17-9/h6H,2-5,7H2,1H3,(H,13,14). The molecule has 0 spiro atoms. The van der Waals surface area contributed by atoms with E-state index < -0.39 is 11.6 Å². The Morgan fingerprint density at radius 1 is 1.65 bits per heavy atom. The Hall–Kier alpha value is -1.40. The molecule has 0 radical (unpaired) electrons. The van der Waals surface area contributed by atoms with E-state index in [1.165, 1.54) is 6.07 Å². The van der Waals surface area contributed by atoms with Gasteiger partial charge >= 0.3 is 5.97 Å². The largest absolute Gasteiger partial charge is 0.476 e. The van der Waals surface area contributed by atoms with Crippen molar-refractivity contribution in [1.29, 1.82) is 0 Å². The first-order chi connectivity index (χ1) is 8.18. The number of hydrogen-bond donors (Lipinski definition) is 1. The monoisotopic (exact) mass is 241 g/mol. The maximum atomic E-state index is 10.8. The minimum Gasteiger partial charge on any atom is -0.476 e. The maximum absolute atomic E-state index is 10.8. The van der Waals surface area contributed by atoms with Crippen LogP contribution in [0.4, 0.5) is 0 Å². The summed E-state index contributed by atoms with van der Waals surface area (Å²) in [6, 6.07) is 1.41. The molecule has 2 rings (SSSR count). The number of carbonyl (C=O) groups is 1. The second kappa shape index (κ2) is 4.85. The predicted molar refractivity (Wildman–Crippen MR) is 56.8 cm³/mol. The van der Waals surface area contributed by atoms with Crippen LogP contribution in [0.5, 0.6) is 0 Å². The highest BCUT2D eigenvalue weighted by Crippen LogP contribution is 2.35. The fourth-order valence-corrected chi connectivity index (χ4v) is 2.06. The van der Waals surface area contributed by atoms with Gasteiger partial charge in [0.15, 0.2) is 17.1 Å². The lowest BCUT2D eigenvalue weighted by atomic mass is 9.92. The normalized spacial score (nSPS) is 24.8. The molecule has 1 saturated heterocycles.